The molecule has 128 valence electrons. The quantitative estimate of drug-likeness (QED) is 0.831. The van der Waals surface area contributed by atoms with E-state index in [0.717, 1.165) is 42.7 Å². The summed E-state index contributed by atoms with van der Waals surface area (Å²) in [6, 6.07) is 3.36. The Bertz CT molecular complexity index is 661. The molecule has 3 heterocycles. The summed E-state index contributed by atoms with van der Waals surface area (Å²) in [6.07, 6.45) is 8.49. The van der Waals surface area contributed by atoms with E-state index in [1.54, 1.807) is 17.7 Å². The van der Waals surface area contributed by atoms with Gasteiger partial charge in [0.1, 0.15) is 18.0 Å². The number of nitrogens with zero attached hydrogens (tertiary/aromatic N) is 6. The third-order valence-electron chi connectivity index (χ3n) is 4.85. The number of piperidine rings is 1. The van der Waals surface area contributed by atoms with Gasteiger partial charge in [-0.1, -0.05) is 0 Å². The van der Waals surface area contributed by atoms with Crippen molar-refractivity contribution in [1.29, 1.82) is 0 Å². The third kappa shape index (κ3) is 3.17. The van der Waals surface area contributed by atoms with Crippen LogP contribution in [0.25, 0.3) is 0 Å². The van der Waals surface area contributed by atoms with Crippen LogP contribution in [0.2, 0.25) is 0 Å². The molecule has 0 unspecified atom stereocenters. The Hall–Kier alpha value is -1.89. The summed E-state index contributed by atoms with van der Waals surface area (Å²) in [5, 5.41) is 3.21. The average molecular weight is 344 g/mol. The molecule has 4 rings (SSSR count). The van der Waals surface area contributed by atoms with Crippen molar-refractivity contribution in [2.45, 2.75) is 37.8 Å². The summed E-state index contributed by atoms with van der Waals surface area (Å²) >= 11 is 1.73. The summed E-state index contributed by atoms with van der Waals surface area (Å²) in [6.45, 7) is 2.15. The molecule has 2 aromatic rings. The fraction of sp³-hybridized carbons (Fsp3) is 0.588. The van der Waals surface area contributed by atoms with Gasteiger partial charge in [0.05, 0.1) is 0 Å². The van der Waals surface area contributed by atoms with Crippen LogP contribution < -0.4 is 14.7 Å². The zero-order valence-corrected chi connectivity index (χ0v) is 15.1. The molecule has 1 saturated carbocycles. The maximum Gasteiger partial charge on any atom is 0.185 e. The first-order valence-electron chi connectivity index (χ1n) is 8.64. The topological polar surface area (TPSA) is 48.4 Å². The van der Waals surface area contributed by atoms with Gasteiger partial charge >= 0.3 is 0 Å². The van der Waals surface area contributed by atoms with Crippen LogP contribution in [-0.4, -0.2) is 54.2 Å². The van der Waals surface area contributed by atoms with Gasteiger partial charge in [-0.3, -0.25) is 0 Å². The van der Waals surface area contributed by atoms with E-state index in [0.29, 0.717) is 12.1 Å². The number of anilines is 3. The fourth-order valence-electron chi connectivity index (χ4n) is 3.46. The van der Waals surface area contributed by atoms with Gasteiger partial charge in [-0.15, -0.1) is 11.3 Å². The molecule has 0 amide bonds. The van der Waals surface area contributed by atoms with Gasteiger partial charge in [0.15, 0.2) is 5.13 Å². The second-order valence-electron chi connectivity index (χ2n) is 6.80. The van der Waals surface area contributed by atoms with Gasteiger partial charge in [-0.25, -0.2) is 15.0 Å². The van der Waals surface area contributed by atoms with Crippen LogP contribution in [0.3, 0.4) is 0 Å². The van der Waals surface area contributed by atoms with E-state index in [-0.39, 0.29) is 0 Å². The predicted molar refractivity (Wildman–Crippen MR) is 99.2 cm³/mol. The Morgan fingerprint density at radius 1 is 1.00 bits per heavy atom. The first-order valence-corrected chi connectivity index (χ1v) is 9.52. The van der Waals surface area contributed by atoms with E-state index < -0.39 is 0 Å². The molecule has 0 spiro atoms. The molecule has 2 fully saturated rings. The van der Waals surface area contributed by atoms with Crippen LogP contribution in [0.4, 0.5) is 16.8 Å². The van der Waals surface area contributed by atoms with E-state index in [9.17, 15) is 0 Å². The molecule has 2 aliphatic rings. The van der Waals surface area contributed by atoms with Crippen LogP contribution in [0, 0.1) is 0 Å². The molecule has 0 atom stereocenters. The first-order chi connectivity index (χ1) is 11.7. The van der Waals surface area contributed by atoms with Crippen LogP contribution >= 0.6 is 11.3 Å². The van der Waals surface area contributed by atoms with Crippen molar-refractivity contribution >= 4 is 28.1 Å². The Balaban J connectivity index is 1.49. The van der Waals surface area contributed by atoms with Gasteiger partial charge in [0.25, 0.3) is 0 Å². The molecule has 0 aromatic carbocycles. The highest BCUT2D eigenvalue weighted by Crippen LogP contribution is 2.36. The van der Waals surface area contributed by atoms with Gasteiger partial charge in [-0.05, 0) is 25.7 Å². The molecule has 7 heteroatoms. The van der Waals surface area contributed by atoms with Crippen LogP contribution in [0.15, 0.2) is 24.0 Å². The van der Waals surface area contributed by atoms with Gasteiger partial charge in [0, 0.05) is 56.9 Å². The van der Waals surface area contributed by atoms with Gasteiger partial charge in [0.2, 0.25) is 0 Å². The molecule has 0 N–H and O–H groups in total. The lowest BCUT2D eigenvalue weighted by molar-refractivity contribution is 0.459. The van der Waals surface area contributed by atoms with E-state index in [4.69, 9.17) is 0 Å². The molecule has 1 aliphatic carbocycles. The molecule has 24 heavy (non-hydrogen) atoms. The van der Waals surface area contributed by atoms with Gasteiger partial charge in [-0.2, -0.15) is 0 Å². The monoisotopic (exact) mass is 344 g/mol. The summed E-state index contributed by atoms with van der Waals surface area (Å²) in [4.78, 5) is 20.4. The highest BCUT2D eigenvalue weighted by atomic mass is 32.1. The minimum Gasteiger partial charge on any atom is -0.363 e. The number of hydrogen-bond acceptors (Lipinski definition) is 7. The first kappa shape index (κ1) is 15.6. The molecular formula is C17H24N6S. The standard InChI is InChI=1S/C17H24N6S/c1-21(2)15-11-16(20-12-19-15)23(13-3-4-13)14-5-8-22(9-6-14)17-18-7-10-24-17/h7,10-14H,3-6,8-9H2,1-2H3. The smallest absolute Gasteiger partial charge is 0.185 e. The Kier molecular flexibility index (Phi) is 4.26. The highest BCUT2D eigenvalue weighted by Gasteiger charge is 2.36. The van der Waals surface area contributed by atoms with Crippen molar-refractivity contribution in [1.82, 2.24) is 15.0 Å². The minimum atomic E-state index is 0.568. The molecule has 0 radical (unpaired) electrons. The molecule has 1 saturated heterocycles. The summed E-state index contributed by atoms with van der Waals surface area (Å²) in [5.41, 5.74) is 0. The Labute approximate surface area is 147 Å². The van der Waals surface area contributed by atoms with Crippen LogP contribution in [-0.2, 0) is 0 Å². The van der Waals surface area contributed by atoms with Crippen molar-refractivity contribution in [2.75, 3.05) is 41.9 Å². The lowest BCUT2D eigenvalue weighted by Crippen LogP contribution is -2.46. The Morgan fingerprint density at radius 2 is 1.71 bits per heavy atom. The zero-order valence-electron chi connectivity index (χ0n) is 14.3. The van der Waals surface area contributed by atoms with E-state index in [1.165, 1.54) is 12.8 Å². The lowest BCUT2D eigenvalue weighted by atomic mass is 10.0. The molecular weight excluding hydrogens is 320 g/mol. The molecule has 0 bridgehead atoms. The average Bonchev–Trinajstić information content (AvgIpc) is 3.28. The van der Waals surface area contributed by atoms with E-state index >= 15 is 0 Å². The second kappa shape index (κ2) is 6.55. The minimum absolute atomic E-state index is 0.568. The zero-order chi connectivity index (χ0) is 16.5. The van der Waals surface area contributed by atoms with Crippen molar-refractivity contribution in [3.63, 3.8) is 0 Å². The lowest BCUT2D eigenvalue weighted by Gasteiger charge is -2.39. The maximum atomic E-state index is 4.59. The number of hydrogen-bond donors (Lipinski definition) is 0. The van der Waals surface area contributed by atoms with Crippen molar-refractivity contribution in [3.05, 3.63) is 24.0 Å². The maximum absolute atomic E-state index is 4.59. The van der Waals surface area contributed by atoms with Gasteiger partial charge < -0.3 is 14.7 Å². The third-order valence-corrected chi connectivity index (χ3v) is 5.68. The predicted octanol–water partition coefficient (Wildman–Crippen LogP) is 2.64. The van der Waals surface area contributed by atoms with Crippen molar-refractivity contribution in [2.24, 2.45) is 0 Å². The Morgan fingerprint density at radius 3 is 2.33 bits per heavy atom. The summed E-state index contributed by atoms with van der Waals surface area (Å²) in [7, 11) is 4.06. The number of thiazole rings is 1. The second-order valence-corrected chi connectivity index (χ2v) is 7.67. The van der Waals surface area contributed by atoms with Crippen molar-refractivity contribution < 1.29 is 0 Å². The largest absolute Gasteiger partial charge is 0.363 e. The molecule has 1 aliphatic heterocycles. The molecule has 2 aromatic heterocycles. The SMILES string of the molecule is CN(C)c1cc(N(C2CC2)C2CCN(c3nccs3)CC2)ncn1. The van der Waals surface area contributed by atoms with Crippen LogP contribution in [0.1, 0.15) is 25.7 Å². The number of aromatic nitrogens is 3. The summed E-state index contributed by atoms with van der Waals surface area (Å²) < 4.78 is 0. The van der Waals surface area contributed by atoms with Crippen molar-refractivity contribution in [3.8, 4) is 0 Å². The summed E-state index contributed by atoms with van der Waals surface area (Å²) in [5.74, 6) is 2.06. The highest BCUT2D eigenvalue weighted by molar-refractivity contribution is 7.13. The normalized spacial score (nSPS) is 18.7. The fourth-order valence-corrected chi connectivity index (χ4v) is 4.15. The molecule has 6 nitrogen and oxygen atoms in total. The van der Waals surface area contributed by atoms with E-state index in [1.807, 2.05) is 25.2 Å². The van der Waals surface area contributed by atoms with Crippen LogP contribution in [0.5, 0.6) is 0 Å². The number of rotatable bonds is 5. The van der Waals surface area contributed by atoms with E-state index in [2.05, 4.69) is 36.2 Å².